The van der Waals surface area contributed by atoms with Crippen molar-refractivity contribution in [1.29, 1.82) is 0 Å². The summed E-state index contributed by atoms with van der Waals surface area (Å²) in [6, 6.07) is 3.09. The summed E-state index contributed by atoms with van der Waals surface area (Å²) in [6.07, 6.45) is -22.8. The second-order valence-electron chi connectivity index (χ2n) is 21.5. The molecule has 1 aliphatic carbocycles. The number of nitrogens with one attached hydrogen (secondary N) is 1. The summed E-state index contributed by atoms with van der Waals surface area (Å²) < 4.78 is 66.7. The van der Waals surface area contributed by atoms with Crippen molar-refractivity contribution < 1.29 is 112 Å². The average Bonchev–Trinajstić information content (AvgIpc) is 3.34. The molecule has 24 nitrogen and oxygen atoms in total. The lowest BCUT2D eigenvalue weighted by molar-refractivity contribution is -0.334. The first-order chi connectivity index (χ1) is 35.8. The SMILES string of the molecule is CO[C@H](C(=O)NCC(C)=O)[C@@H]1Cc2cc3cc(O[C@H]4C[C@@H](O[C@H]5C[C@@H](O)[C@H](O)[C@@H](C)O5)[C@H](O)[C@@H](C)O4)c(C)c(O)c3c(O)c2C(=O)[C@H]1O[C@H]1C[C@@H](O[C@H]2C[C@@H](O[C@H]3C[C@](C)(O)[C@H](O)[C@@H](C)O3)[C@@H](O)[C@@H](C)O2)[C@H](O)[C@@H](C)O1. The third-order valence-electron chi connectivity index (χ3n) is 15.6. The predicted molar refractivity (Wildman–Crippen MR) is 260 cm³/mol. The lowest BCUT2D eigenvalue weighted by Gasteiger charge is -2.46. The number of aliphatic hydroxyl groups is 7. The lowest BCUT2D eigenvalue weighted by Crippen LogP contribution is -2.58. The van der Waals surface area contributed by atoms with Gasteiger partial charge in [-0.25, -0.2) is 0 Å². The topological polar surface area (TPSA) is 347 Å². The smallest absolute Gasteiger partial charge is 0.249 e. The maximum atomic E-state index is 15.0. The van der Waals surface area contributed by atoms with Crippen LogP contribution < -0.4 is 10.1 Å². The second kappa shape index (κ2) is 23.5. The molecule has 5 saturated heterocycles. The third kappa shape index (κ3) is 12.2. The van der Waals surface area contributed by atoms with Crippen molar-refractivity contribution in [2.75, 3.05) is 13.7 Å². The zero-order valence-corrected chi connectivity index (χ0v) is 44.0. The van der Waals surface area contributed by atoms with E-state index in [9.17, 15) is 55.5 Å². The minimum Gasteiger partial charge on any atom is -0.507 e. The highest BCUT2D eigenvalue weighted by Gasteiger charge is 2.51. The largest absolute Gasteiger partial charge is 0.507 e. The van der Waals surface area contributed by atoms with Gasteiger partial charge in [0.1, 0.15) is 65.8 Å². The zero-order chi connectivity index (χ0) is 55.4. The van der Waals surface area contributed by atoms with E-state index in [2.05, 4.69) is 5.32 Å². The number of phenols is 2. The molecule has 0 bridgehead atoms. The molecule has 0 saturated carbocycles. The van der Waals surface area contributed by atoms with Gasteiger partial charge in [0.25, 0.3) is 0 Å². The molecule has 5 heterocycles. The number of carbonyl (C=O) groups is 3. The van der Waals surface area contributed by atoms with Crippen molar-refractivity contribution in [2.24, 2.45) is 5.92 Å². The number of ketones is 2. The van der Waals surface area contributed by atoms with Crippen molar-refractivity contribution in [3.8, 4) is 17.2 Å². The number of ether oxygens (including phenoxy) is 11. The first-order valence-electron chi connectivity index (χ1n) is 26.0. The number of carbonyl (C=O) groups excluding carboxylic acids is 3. The van der Waals surface area contributed by atoms with E-state index >= 15 is 4.79 Å². The Morgan fingerprint density at radius 1 is 0.711 bits per heavy atom. The molecule has 76 heavy (non-hydrogen) atoms. The van der Waals surface area contributed by atoms with Crippen LogP contribution in [0.1, 0.15) is 102 Å². The van der Waals surface area contributed by atoms with Crippen LogP contribution in [0.2, 0.25) is 0 Å². The number of Topliss-reactive ketones (excluding diaryl/α,β-unsaturated/α-hetero) is 2. The Morgan fingerprint density at radius 3 is 1.75 bits per heavy atom. The van der Waals surface area contributed by atoms with Gasteiger partial charge in [-0.2, -0.15) is 0 Å². The fraction of sp³-hybridized carbons (Fsp3) is 0.750. The van der Waals surface area contributed by atoms with Gasteiger partial charge in [0.15, 0.2) is 30.9 Å². The van der Waals surface area contributed by atoms with Crippen molar-refractivity contribution >= 4 is 28.2 Å². The molecule has 24 heteroatoms. The Morgan fingerprint density at radius 2 is 1.21 bits per heavy atom. The highest BCUT2D eigenvalue weighted by molar-refractivity contribution is 6.11. The summed E-state index contributed by atoms with van der Waals surface area (Å²) in [5.41, 5.74) is -1.35. The van der Waals surface area contributed by atoms with Gasteiger partial charge in [-0.15, -0.1) is 0 Å². The maximum absolute atomic E-state index is 15.0. The maximum Gasteiger partial charge on any atom is 0.249 e. The normalized spacial score (nSPS) is 41.5. The summed E-state index contributed by atoms with van der Waals surface area (Å²) in [4.78, 5) is 40.8. The molecular formula is C52H75NO23. The van der Waals surface area contributed by atoms with E-state index in [-0.39, 0.29) is 84.1 Å². The highest BCUT2D eigenvalue weighted by Crippen LogP contribution is 2.47. The number of benzene rings is 2. The van der Waals surface area contributed by atoms with E-state index in [4.69, 9.17) is 52.1 Å². The molecule has 23 atom stereocenters. The van der Waals surface area contributed by atoms with Crippen LogP contribution in [0, 0.1) is 12.8 Å². The van der Waals surface area contributed by atoms with Crippen LogP contribution >= 0.6 is 0 Å². The number of hydrogen-bond donors (Lipinski definition) is 10. The fourth-order valence-corrected chi connectivity index (χ4v) is 11.2. The van der Waals surface area contributed by atoms with Crippen LogP contribution in [0.25, 0.3) is 10.8 Å². The number of aromatic hydroxyl groups is 2. The number of amides is 1. The lowest BCUT2D eigenvalue weighted by atomic mass is 9.76. The zero-order valence-electron chi connectivity index (χ0n) is 44.0. The Kier molecular flexibility index (Phi) is 18.1. The number of hydrogen-bond acceptors (Lipinski definition) is 23. The van der Waals surface area contributed by atoms with Gasteiger partial charge in [-0.05, 0) is 84.9 Å². The predicted octanol–water partition coefficient (Wildman–Crippen LogP) is 0.145. The summed E-state index contributed by atoms with van der Waals surface area (Å²) in [6.45, 7) is 11.9. The second-order valence-corrected chi connectivity index (χ2v) is 21.5. The number of fused-ring (bicyclic) bond motifs is 2. The van der Waals surface area contributed by atoms with Crippen LogP contribution in [0.3, 0.4) is 0 Å². The van der Waals surface area contributed by atoms with Gasteiger partial charge in [0, 0.05) is 50.7 Å². The number of rotatable bonds is 15. The summed E-state index contributed by atoms with van der Waals surface area (Å²) in [7, 11) is 1.25. The summed E-state index contributed by atoms with van der Waals surface area (Å²) >= 11 is 0. The Hall–Kier alpha value is -3.77. The van der Waals surface area contributed by atoms with Gasteiger partial charge in [0.05, 0.1) is 78.0 Å². The Labute approximate surface area is 439 Å². The monoisotopic (exact) mass is 1080 g/mol. The van der Waals surface area contributed by atoms with Crippen molar-refractivity contribution in [2.45, 2.75) is 229 Å². The molecule has 8 rings (SSSR count). The van der Waals surface area contributed by atoms with Gasteiger partial charge in [0.2, 0.25) is 12.2 Å². The van der Waals surface area contributed by atoms with Gasteiger partial charge < -0.3 is 103 Å². The Balaban J connectivity index is 1.04. The minimum absolute atomic E-state index is 0.0232. The molecule has 2 aromatic carbocycles. The van der Waals surface area contributed by atoms with E-state index in [1.54, 1.807) is 40.7 Å². The summed E-state index contributed by atoms with van der Waals surface area (Å²) in [5, 5.41) is 102. The van der Waals surface area contributed by atoms with Crippen LogP contribution in [0.15, 0.2) is 12.1 Å². The average molecular weight is 1080 g/mol. The molecule has 10 N–H and O–H groups in total. The molecule has 0 aromatic heterocycles. The highest BCUT2D eigenvalue weighted by atomic mass is 16.7. The van der Waals surface area contributed by atoms with Crippen molar-refractivity contribution in [1.82, 2.24) is 5.32 Å². The van der Waals surface area contributed by atoms with E-state index in [1.807, 2.05) is 0 Å². The molecule has 5 aliphatic heterocycles. The van der Waals surface area contributed by atoms with Crippen LogP contribution in [-0.2, 0) is 63.4 Å². The third-order valence-corrected chi connectivity index (χ3v) is 15.6. The first kappa shape index (κ1) is 58.4. The van der Waals surface area contributed by atoms with Gasteiger partial charge >= 0.3 is 0 Å². The van der Waals surface area contributed by atoms with Crippen LogP contribution in [0.4, 0.5) is 0 Å². The van der Waals surface area contributed by atoms with Crippen LogP contribution in [0.5, 0.6) is 17.2 Å². The minimum atomic E-state index is -1.58. The molecular weight excluding hydrogens is 1010 g/mol. The van der Waals surface area contributed by atoms with Crippen molar-refractivity contribution in [3.05, 3.63) is 28.8 Å². The standard InChI is InChI=1S/C52H75NO23/c1-19(54)18-53-51(64)49(66-9)28-11-26-10-27-12-30(72-35-14-31(43(58)22(4)68-35)73-34-13-29(55)42(57)21(3)67-34)20(2)41(56)39(27)46(61)40(26)47(62)48(28)76-37-16-32(44(59)24(6)70-37)74-36-15-33(45(60)23(5)69-36)75-38-17-52(8,65)50(63)25(7)71-38/h10,12,21-25,28-29,31-38,42-45,48-50,55-61,63,65H,11,13-18H2,1-9H3,(H,53,64)/t21-,22-,23-,24-,25-,28-,29-,31-,32-,33-,34+,35+,36+,37+,38+,42-,43-,44-,45+,48+,49+,50-,52+/m1/s1. The molecule has 0 radical (unpaired) electrons. The fourth-order valence-electron chi connectivity index (χ4n) is 11.2. The molecule has 0 unspecified atom stereocenters. The quantitative estimate of drug-likeness (QED) is 0.113. The number of methoxy groups -OCH3 is 1. The molecule has 5 fully saturated rings. The number of phenolic OH excluding ortho intramolecular Hbond substituents is 2. The first-order valence-corrected chi connectivity index (χ1v) is 26.0. The van der Waals surface area contributed by atoms with Gasteiger partial charge in [-0.3, -0.25) is 14.4 Å². The molecule has 2 aromatic rings. The molecule has 0 spiro atoms. The van der Waals surface area contributed by atoms with E-state index < -0.39 is 164 Å². The van der Waals surface area contributed by atoms with Crippen molar-refractivity contribution in [3.63, 3.8) is 0 Å². The number of aliphatic hydroxyl groups excluding tert-OH is 6. The molecule has 1 amide bonds. The van der Waals surface area contributed by atoms with E-state index in [1.165, 1.54) is 33.9 Å². The summed E-state index contributed by atoms with van der Waals surface area (Å²) in [5.74, 6) is -3.94. The van der Waals surface area contributed by atoms with E-state index in [0.717, 1.165) is 0 Å². The Bertz CT molecular complexity index is 2390. The van der Waals surface area contributed by atoms with Crippen LogP contribution in [-0.4, -0.2) is 212 Å². The van der Waals surface area contributed by atoms with E-state index in [0.29, 0.717) is 0 Å². The van der Waals surface area contributed by atoms with Gasteiger partial charge in [-0.1, -0.05) is 0 Å². The molecule has 426 valence electrons. The molecule has 6 aliphatic rings.